The van der Waals surface area contributed by atoms with Crippen LogP contribution in [-0.4, -0.2) is 18.3 Å². The van der Waals surface area contributed by atoms with Crippen molar-refractivity contribution in [2.24, 2.45) is 0 Å². The molecule has 1 aromatic carbocycles. The van der Waals surface area contributed by atoms with Gasteiger partial charge in [0.2, 0.25) is 0 Å². The van der Waals surface area contributed by atoms with E-state index < -0.39 is 0 Å². The third-order valence-corrected chi connectivity index (χ3v) is 3.24. The molecule has 1 N–H and O–H groups in total. The second kappa shape index (κ2) is 9.85. The Morgan fingerprint density at radius 2 is 1.47 bits per heavy atom. The molecule has 0 fully saturated rings. The van der Waals surface area contributed by atoms with E-state index >= 15 is 0 Å². The molecule has 0 bridgehead atoms. The monoisotopic (exact) mass is 264 g/mol. The van der Waals surface area contributed by atoms with Crippen LogP contribution in [0.5, 0.6) is 5.75 Å². The van der Waals surface area contributed by atoms with Gasteiger partial charge in [0.25, 0.3) is 0 Å². The maximum absolute atomic E-state index is 8.81. The van der Waals surface area contributed by atoms with Crippen molar-refractivity contribution in [1.29, 1.82) is 0 Å². The first-order valence-electron chi connectivity index (χ1n) is 7.66. The zero-order valence-corrected chi connectivity index (χ0v) is 12.5. The average Bonchev–Trinajstić information content (AvgIpc) is 2.43. The molecule has 0 atom stereocenters. The van der Waals surface area contributed by atoms with Gasteiger partial charge in [0.1, 0.15) is 5.75 Å². The molecule has 0 heterocycles. The van der Waals surface area contributed by atoms with Crippen LogP contribution in [0.4, 0.5) is 0 Å². The van der Waals surface area contributed by atoms with E-state index in [9.17, 15) is 0 Å². The van der Waals surface area contributed by atoms with E-state index in [-0.39, 0.29) is 6.61 Å². The van der Waals surface area contributed by atoms with Gasteiger partial charge in [-0.3, -0.25) is 0 Å². The van der Waals surface area contributed by atoms with Crippen LogP contribution >= 0.6 is 0 Å². The predicted molar refractivity (Wildman–Crippen MR) is 80.9 cm³/mol. The van der Waals surface area contributed by atoms with Crippen LogP contribution in [0.1, 0.15) is 57.1 Å². The Balaban J connectivity index is 2.70. The molecule has 0 aliphatic heterocycles. The predicted octanol–water partition coefficient (Wildman–Crippen LogP) is 4.13. The molecule has 108 valence electrons. The molecule has 0 unspecified atom stereocenters. The van der Waals surface area contributed by atoms with Gasteiger partial charge in [-0.25, -0.2) is 0 Å². The molecule has 0 spiro atoms. The number of benzene rings is 1. The van der Waals surface area contributed by atoms with Crippen molar-refractivity contribution in [2.45, 2.75) is 58.8 Å². The number of aliphatic hydroxyl groups excluding tert-OH is 1. The molecule has 0 saturated carbocycles. The van der Waals surface area contributed by atoms with Gasteiger partial charge in [-0.15, -0.1) is 0 Å². The first kappa shape index (κ1) is 16.0. The summed E-state index contributed by atoms with van der Waals surface area (Å²) in [5.74, 6) is 0.966. The van der Waals surface area contributed by atoms with E-state index in [1.807, 2.05) is 0 Å². The van der Waals surface area contributed by atoms with Gasteiger partial charge in [-0.05, 0) is 48.9 Å². The smallest absolute Gasteiger partial charge is 0.119 e. The van der Waals surface area contributed by atoms with Crippen LogP contribution in [0, 0.1) is 0 Å². The van der Waals surface area contributed by atoms with Gasteiger partial charge >= 0.3 is 0 Å². The van der Waals surface area contributed by atoms with Crippen molar-refractivity contribution in [3.8, 4) is 5.75 Å². The Morgan fingerprint density at radius 3 is 1.95 bits per heavy atom. The number of unbranched alkanes of at least 4 members (excludes halogenated alkanes) is 2. The molecule has 0 saturated heterocycles. The quantitative estimate of drug-likeness (QED) is 0.644. The third-order valence-electron chi connectivity index (χ3n) is 3.24. The van der Waals surface area contributed by atoms with Crippen molar-refractivity contribution < 1.29 is 9.84 Å². The Hall–Kier alpha value is -1.02. The normalized spacial score (nSPS) is 10.7. The molecule has 0 aliphatic rings. The minimum atomic E-state index is 0.193. The Morgan fingerprint density at radius 1 is 0.895 bits per heavy atom. The van der Waals surface area contributed by atoms with Gasteiger partial charge in [-0.2, -0.15) is 0 Å². The van der Waals surface area contributed by atoms with Gasteiger partial charge in [-0.1, -0.05) is 32.8 Å². The topological polar surface area (TPSA) is 29.5 Å². The summed E-state index contributed by atoms with van der Waals surface area (Å²) in [6.45, 7) is 5.23. The zero-order chi connectivity index (χ0) is 13.9. The molecule has 0 aromatic heterocycles. The van der Waals surface area contributed by atoms with E-state index in [1.165, 1.54) is 36.8 Å². The molecular formula is C17H28O2. The molecule has 2 nitrogen and oxygen atoms in total. The van der Waals surface area contributed by atoms with E-state index in [1.54, 1.807) is 0 Å². The summed E-state index contributed by atoms with van der Waals surface area (Å²) in [5, 5.41) is 8.81. The second-order valence-electron chi connectivity index (χ2n) is 5.12. The molecule has 2 heteroatoms. The number of hydrogen-bond donors (Lipinski definition) is 1. The number of ether oxygens (including phenoxy) is 1. The van der Waals surface area contributed by atoms with Crippen molar-refractivity contribution in [2.75, 3.05) is 13.2 Å². The Labute approximate surface area is 117 Å². The Kier molecular flexibility index (Phi) is 8.31. The summed E-state index contributed by atoms with van der Waals surface area (Å²) in [7, 11) is 0. The third kappa shape index (κ3) is 6.63. The van der Waals surface area contributed by atoms with Crippen LogP contribution < -0.4 is 4.74 Å². The fourth-order valence-corrected chi connectivity index (χ4v) is 2.12. The van der Waals surface area contributed by atoms with Crippen molar-refractivity contribution in [1.82, 2.24) is 0 Å². The van der Waals surface area contributed by atoms with Gasteiger partial charge in [0.15, 0.2) is 0 Å². The molecule has 0 amide bonds. The van der Waals surface area contributed by atoms with Crippen molar-refractivity contribution >= 4 is 0 Å². The fourth-order valence-electron chi connectivity index (χ4n) is 2.12. The first-order chi connectivity index (χ1) is 9.30. The standard InChI is InChI=1S/C17H28O2/c1-3-5-8-15-12-16(9-6-4-2)14-17(13-15)19-11-7-10-18/h12-14,18H,3-11H2,1-2H3. The molecular weight excluding hydrogens is 236 g/mol. The summed E-state index contributed by atoms with van der Waals surface area (Å²) < 4.78 is 5.73. The van der Waals surface area contributed by atoms with Gasteiger partial charge in [0, 0.05) is 13.0 Å². The molecule has 0 aliphatic carbocycles. The highest BCUT2D eigenvalue weighted by Gasteiger charge is 2.02. The second-order valence-corrected chi connectivity index (χ2v) is 5.12. The van der Waals surface area contributed by atoms with Crippen LogP contribution in [-0.2, 0) is 12.8 Å². The number of aryl methyl sites for hydroxylation is 2. The van der Waals surface area contributed by atoms with Crippen molar-refractivity contribution in [3.63, 3.8) is 0 Å². The zero-order valence-electron chi connectivity index (χ0n) is 12.5. The fraction of sp³-hybridized carbons (Fsp3) is 0.647. The lowest BCUT2D eigenvalue weighted by Gasteiger charge is -2.11. The lowest BCUT2D eigenvalue weighted by Crippen LogP contribution is -2.01. The first-order valence-corrected chi connectivity index (χ1v) is 7.66. The molecule has 1 rings (SSSR count). The highest BCUT2D eigenvalue weighted by atomic mass is 16.5. The maximum Gasteiger partial charge on any atom is 0.119 e. The van der Waals surface area contributed by atoms with E-state index in [0.717, 1.165) is 18.6 Å². The summed E-state index contributed by atoms with van der Waals surface area (Å²) in [6, 6.07) is 6.63. The number of rotatable bonds is 10. The number of aliphatic hydroxyl groups is 1. The average molecular weight is 264 g/mol. The maximum atomic E-state index is 8.81. The Bertz CT molecular complexity index is 321. The highest BCUT2D eigenvalue weighted by molar-refractivity contribution is 5.34. The van der Waals surface area contributed by atoms with Gasteiger partial charge < -0.3 is 9.84 Å². The number of hydrogen-bond acceptors (Lipinski definition) is 2. The lowest BCUT2D eigenvalue weighted by atomic mass is 10.0. The molecule has 0 radical (unpaired) electrons. The summed E-state index contributed by atoms with van der Waals surface area (Å²) in [4.78, 5) is 0. The van der Waals surface area contributed by atoms with E-state index in [0.29, 0.717) is 13.0 Å². The minimum Gasteiger partial charge on any atom is -0.493 e. The van der Waals surface area contributed by atoms with Crippen LogP contribution in [0.15, 0.2) is 18.2 Å². The van der Waals surface area contributed by atoms with Gasteiger partial charge in [0.05, 0.1) is 6.61 Å². The molecule has 19 heavy (non-hydrogen) atoms. The lowest BCUT2D eigenvalue weighted by molar-refractivity contribution is 0.233. The van der Waals surface area contributed by atoms with Crippen LogP contribution in [0.25, 0.3) is 0 Å². The SMILES string of the molecule is CCCCc1cc(CCCC)cc(OCCCO)c1. The van der Waals surface area contributed by atoms with Crippen LogP contribution in [0.2, 0.25) is 0 Å². The van der Waals surface area contributed by atoms with Crippen molar-refractivity contribution in [3.05, 3.63) is 29.3 Å². The summed E-state index contributed by atoms with van der Waals surface area (Å²) >= 11 is 0. The van der Waals surface area contributed by atoms with E-state index in [4.69, 9.17) is 9.84 Å². The molecule has 1 aromatic rings. The summed E-state index contributed by atoms with van der Waals surface area (Å²) in [6.07, 6.45) is 7.86. The largest absolute Gasteiger partial charge is 0.493 e. The van der Waals surface area contributed by atoms with E-state index in [2.05, 4.69) is 32.0 Å². The van der Waals surface area contributed by atoms with Crippen LogP contribution in [0.3, 0.4) is 0 Å². The minimum absolute atomic E-state index is 0.193. The summed E-state index contributed by atoms with van der Waals surface area (Å²) in [5.41, 5.74) is 2.77. The highest BCUT2D eigenvalue weighted by Crippen LogP contribution is 2.20.